The fourth-order valence-electron chi connectivity index (χ4n) is 2.99. The van der Waals surface area contributed by atoms with Crippen LogP contribution in [-0.2, 0) is 11.3 Å². The first-order valence-corrected chi connectivity index (χ1v) is 9.02. The van der Waals surface area contributed by atoms with Crippen LogP contribution in [0.2, 0.25) is 0 Å². The number of amides is 1. The van der Waals surface area contributed by atoms with Crippen molar-refractivity contribution in [3.63, 3.8) is 0 Å². The molecule has 0 unspecified atom stereocenters. The fraction of sp³-hybridized carbons (Fsp3) is 0.333. The Bertz CT molecular complexity index is 687. The molecule has 3 rings (SSSR count). The molecule has 4 nitrogen and oxygen atoms in total. The Kier molecular flexibility index (Phi) is 6.21. The molecular formula is C21H25N3O. The van der Waals surface area contributed by atoms with E-state index in [0.29, 0.717) is 6.54 Å². The van der Waals surface area contributed by atoms with Crippen LogP contribution in [0.25, 0.3) is 6.08 Å². The van der Waals surface area contributed by atoms with Crippen LogP contribution in [0, 0.1) is 0 Å². The summed E-state index contributed by atoms with van der Waals surface area (Å²) in [6.45, 7) is 2.67. The summed E-state index contributed by atoms with van der Waals surface area (Å²) in [4.78, 5) is 18.8. The standard InChI is InChI=1S/C21H25N3O/c25-21(13-11-18-8-4-3-5-9-18)23-17-19-10-12-20(22-16-19)24-14-6-1-2-7-15-24/h3-5,8-13,16H,1-2,6-7,14-15,17H2,(H,23,25)/b13-11-. The Hall–Kier alpha value is -2.62. The van der Waals surface area contributed by atoms with E-state index in [1.54, 1.807) is 6.08 Å². The Morgan fingerprint density at radius 3 is 2.48 bits per heavy atom. The first kappa shape index (κ1) is 17.2. The number of aromatic nitrogens is 1. The number of hydrogen-bond acceptors (Lipinski definition) is 3. The average molecular weight is 335 g/mol. The van der Waals surface area contributed by atoms with Crippen molar-refractivity contribution < 1.29 is 4.79 Å². The van der Waals surface area contributed by atoms with Crippen molar-refractivity contribution in [1.29, 1.82) is 0 Å². The number of hydrogen-bond donors (Lipinski definition) is 1. The zero-order chi connectivity index (χ0) is 17.3. The van der Waals surface area contributed by atoms with E-state index >= 15 is 0 Å². The van der Waals surface area contributed by atoms with Gasteiger partial charge in [0.1, 0.15) is 5.82 Å². The number of nitrogens with one attached hydrogen (secondary N) is 1. The van der Waals surface area contributed by atoms with Gasteiger partial charge in [0, 0.05) is 31.9 Å². The van der Waals surface area contributed by atoms with Gasteiger partial charge < -0.3 is 10.2 Å². The quantitative estimate of drug-likeness (QED) is 0.846. The molecule has 2 aromatic rings. The van der Waals surface area contributed by atoms with E-state index in [1.807, 2.05) is 42.6 Å². The Morgan fingerprint density at radius 1 is 1.04 bits per heavy atom. The summed E-state index contributed by atoms with van der Waals surface area (Å²) >= 11 is 0. The van der Waals surface area contributed by atoms with Gasteiger partial charge in [-0.3, -0.25) is 4.79 Å². The lowest BCUT2D eigenvalue weighted by Crippen LogP contribution is -2.25. The summed E-state index contributed by atoms with van der Waals surface area (Å²) in [6.07, 6.45) is 10.4. The SMILES string of the molecule is O=C(/C=C\c1ccccc1)NCc1ccc(N2CCCCCC2)nc1. The van der Waals surface area contributed by atoms with Gasteiger partial charge in [-0.15, -0.1) is 0 Å². The first-order chi connectivity index (χ1) is 12.3. The van der Waals surface area contributed by atoms with Crippen LogP contribution in [0.3, 0.4) is 0 Å². The first-order valence-electron chi connectivity index (χ1n) is 9.02. The molecule has 1 aliphatic heterocycles. The third-order valence-electron chi connectivity index (χ3n) is 4.43. The molecule has 1 fully saturated rings. The maximum absolute atomic E-state index is 11.9. The highest BCUT2D eigenvalue weighted by atomic mass is 16.1. The zero-order valence-electron chi connectivity index (χ0n) is 14.5. The van der Waals surface area contributed by atoms with E-state index in [0.717, 1.165) is 30.0 Å². The van der Waals surface area contributed by atoms with Crippen LogP contribution in [0.15, 0.2) is 54.7 Å². The highest BCUT2D eigenvalue weighted by molar-refractivity contribution is 5.91. The molecule has 1 saturated heterocycles. The van der Waals surface area contributed by atoms with E-state index in [1.165, 1.54) is 25.7 Å². The molecule has 4 heteroatoms. The Morgan fingerprint density at radius 2 is 1.80 bits per heavy atom. The van der Waals surface area contributed by atoms with Crippen LogP contribution >= 0.6 is 0 Å². The fourth-order valence-corrected chi connectivity index (χ4v) is 2.99. The van der Waals surface area contributed by atoms with Crippen LogP contribution in [-0.4, -0.2) is 24.0 Å². The minimum atomic E-state index is -0.0968. The largest absolute Gasteiger partial charge is 0.357 e. The summed E-state index contributed by atoms with van der Waals surface area (Å²) in [5, 5.41) is 2.90. The molecule has 0 bridgehead atoms. The number of pyridine rings is 1. The van der Waals surface area contributed by atoms with Crippen molar-refractivity contribution in [3.8, 4) is 0 Å². The third-order valence-corrected chi connectivity index (χ3v) is 4.43. The minimum absolute atomic E-state index is 0.0968. The maximum Gasteiger partial charge on any atom is 0.244 e. The molecule has 25 heavy (non-hydrogen) atoms. The van der Waals surface area contributed by atoms with Gasteiger partial charge in [-0.05, 0) is 36.1 Å². The van der Waals surface area contributed by atoms with Gasteiger partial charge in [0.2, 0.25) is 5.91 Å². The van der Waals surface area contributed by atoms with Crippen LogP contribution in [0.4, 0.5) is 5.82 Å². The van der Waals surface area contributed by atoms with Gasteiger partial charge in [-0.1, -0.05) is 49.2 Å². The highest BCUT2D eigenvalue weighted by Crippen LogP contribution is 2.17. The molecule has 2 heterocycles. The number of benzene rings is 1. The lowest BCUT2D eigenvalue weighted by Gasteiger charge is -2.21. The highest BCUT2D eigenvalue weighted by Gasteiger charge is 2.10. The summed E-state index contributed by atoms with van der Waals surface area (Å²) in [5.74, 6) is 0.946. The number of anilines is 1. The lowest BCUT2D eigenvalue weighted by atomic mass is 10.2. The van der Waals surface area contributed by atoms with Crippen molar-refractivity contribution in [1.82, 2.24) is 10.3 Å². The van der Waals surface area contributed by atoms with E-state index in [-0.39, 0.29) is 5.91 Å². The van der Waals surface area contributed by atoms with Crippen molar-refractivity contribution in [3.05, 3.63) is 65.9 Å². The molecule has 130 valence electrons. The molecule has 1 amide bonds. The molecule has 0 spiro atoms. The molecule has 0 saturated carbocycles. The number of carbonyl (C=O) groups is 1. The second-order valence-corrected chi connectivity index (χ2v) is 6.39. The topological polar surface area (TPSA) is 45.2 Å². The number of rotatable bonds is 5. The summed E-state index contributed by atoms with van der Waals surface area (Å²) < 4.78 is 0. The van der Waals surface area contributed by atoms with Gasteiger partial charge in [0.25, 0.3) is 0 Å². The summed E-state index contributed by atoms with van der Waals surface area (Å²) in [6, 6.07) is 13.9. The van der Waals surface area contributed by atoms with E-state index in [4.69, 9.17) is 0 Å². The monoisotopic (exact) mass is 335 g/mol. The lowest BCUT2D eigenvalue weighted by molar-refractivity contribution is -0.116. The maximum atomic E-state index is 11.9. The van der Waals surface area contributed by atoms with Crippen LogP contribution < -0.4 is 10.2 Å². The number of carbonyl (C=O) groups excluding carboxylic acids is 1. The van der Waals surface area contributed by atoms with Gasteiger partial charge in [0.05, 0.1) is 0 Å². The number of nitrogens with zero attached hydrogens (tertiary/aromatic N) is 2. The smallest absolute Gasteiger partial charge is 0.244 e. The van der Waals surface area contributed by atoms with Gasteiger partial charge >= 0.3 is 0 Å². The molecular weight excluding hydrogens is 310 g/mol. The molecule has 1 aromatic carbocycles. The van der Waals surface area contributed by atoms with E-state index in [2.05, 4.69) is 27.3 Å². The average Bonchev–Trinajstić information content (AvgIpc) is 2.95. The van der Waals surface area contributed by atoms with Crippen LogP contribution in [0.1, 0.15) is 36.8 Å². The normalized spacial score (nSPS) is 15.1. The van der Waals surface area contributed by atoms with Crippen molar-refractivity contribution in [2.75, 3.05) is 18.0 Å². The minimum Gasteiger partial charge on any atom is -0.357 e. The Balaban J connectivity index is 1.49. The van der Waals surface area contributed by atoms with Crippen molar-refractivity contribution in [2.45, 2.75) is 32.2 Å². The van der Waals surface area contributed by atoms with Crippen molar-refractivity contribution in [2.24, 2.45) is 0 Å². The molecule has 0 aliphatic carbocycles. The van der Waals surface area contributed by atoms with Gasteiger partial charge in [-0.2, -0.15) is 0 Å². The second-order valence-electron chi connectivity index (χ2n) is 6.39. The van der Waals surface area contributed by atoms with E-state index < -0.39 is 0 Å². The molecule has 1 aliphatic rings. The van der Waals surface area contributed by atoms with Crippen LogP contribution in [0.5, 0.6) is 0 Å². The predicted molar refractivity (Wildman–Crippen MR) is 102 cm³/mol. The summed E-state index contributed by atoms with van der Waals surface area (Å²) in [5.41, 5.74) is 2.03. The summed E-state index contributed by atoms with van der Waals surface area (Å²) in [7, 11) is 0. The van der Waals surface area contributed by atoms with Gasteiger partial charge in [-0.25, -0.2) is 4.98 Å². The van der Waals surface area contributed by atoms with E-state index in [9.17, 15) is 4.79 Å². The third kappa shape index (κ3) is 5.45. The predicted octanol–water partition coefficient (Wildman–Crippen LogP) is 3.79. The molecule has 0 radical (unpaired) electrons. The molecule has 1 aromatic heterocycles. The molecule has 1 N–H and O–H groups in total. The Labute approximate surface area is 149 Å². The van der Waals surface area contributed by atoms with Gasteiger partial charge in [0.15, 0.2) is 0 Å². The van der Waals surface area contributed by atoms with Crippen molar-refractivity contribution >= 4 is 17.8 Å². The zero-order valence-corrected chi connectivity index (χ0v) is 14.5. The molecule has 0 atom stereocenters. The second kappa shape index (κ2) is 9.02.